The Labute approximate surface area is 81.9 Å². The second-order valence-electron chi connectivity index (χ2n) is 3.31. The first-order valence-electron chi connectivity index (χ1n) is 4.17. The molecule has 4 N–H and O–H groups in total. The largest absolute Gasteiger partial charge is 0.397 e. The van der Waals surface area contributed by atoms with Crippen LogP contribution in [0.5, 0.6) is 0 Å². The second kappa shape index (κ2) is 3.17. The molecule has 0 heterocycles. The minimum atomic E-state index is -0.423. The Morgan fingerprint density at radius 1 is 1.00 bits per heavy atom. The Hall–Kier alpha value is -1.78. The Bertz CT molecular complexity index is 384. The molecule has 1 rings (SSSR count). The van der Waals surface area contributed by atoms with Gasteiger partial charge in [0.15, 0.2) is 0 Å². The smallest absolute Gasteiger partial charge is 0.277 e. The second-order valence-corrected chi connectivity index (χ2v) is 3.31. The molecule has 5 heteroatoms. The van der Waals surface area contributed by atoms with Crippen molar-refractivity contribution in [2.24, 2.45) is 0 Å². The summed E-state index contributed by atoms with van der Waals surface area (Å²) in [4.78, 5) is 10.3. The molecule has 0 aliphatic heterocycles. The average Bonchev–Trinajstić information content (AvgIpc) is 2.11. The molecular weight excluding hydrogens is 182 g/mol. The van der Waals surface area contributed by atoms with Crippen LogP contribution in [0.2, 0.25) is 0 Å². The lowest BCUT2D eigenvalue weighted by Crippen LogP contribution is -2.06. The van der Waals surface area contributed by atoms with Crippen LogP contribution in [0.25, 0.3) is 0 Å². The molecule has 5 nitrogen and oxygen atoms in total. The lowest BCUT2D eigenvalue weighted by Gasteiger charge is -2.11. The number of nitrogens with two attached hydrogens (primary N) is 2. The van der Waals surface area contributed by atoms with Crippen molar-refractivity contribution in [3.63, 3.8) is 0 Å². The van der Waals surface area contributed by atoms with Gasteiger partial charge in [0.2, 0.25) is 0 Å². The highest BCUT2D eigenvalue weighted by Gasteiger charge is 2.21. The summed E-state index contributed by atoms with van der Waals surface area (Å²) < 4.78 is 0. The van der Waals surface area contributed by atoms with E-state index in [1.54, 1.807) is 20.8 Å². The van der Waals surface area contributed by atoms with Crippen LogP contribution in [0.15, 0.2) is 0 Å². The molecule has 0 saturated carbocycles. The Morgan fingerprint density at radius 3 is 1.86 bits per heavy atom. The van der Waals surface area contributed by atoms with Gasteiger partial charge in [0.25, 0.3) is 5.69 Å². The average molecular weight is 195 g/mol. The molecule has 0 amide bonds. The summed E-state index contributed by atoms with van der Waals surface area (Å²) in [5, 5.41) is 10.8. The van der Waals surface area contributed by atoms with Crippen LogP contribution < -0.4 is 11.5 Å². The van der Waals surface area contributed by atoms with E-state index in [0.29, 0.717) is 28.1 Å². The van der Waals surface area contributed by atoms with Gasteiger partial charge in [0, 0.05) is 5.56 Å². The van der Waals surface area contributed by atoms with Gasteiger partial charge in [-0.15, -0.1) is 0 Å². The van der Waals surface area contributed by atoms with Crippen molar-refractivity contribution >= 4 is 17.1 Å². The quantitative estimate of drug-likeness (QED) is 0.405. The van der Waals surface area contributed by atoms with Crippen molar-refractivity contribution in [1.29, 1.82) is 0 Å². The topological polar surface area (TPSA) is 95.2 Å². The first-order valence-corrected chi connectivity index (χ1v) is 4.17. The van der Waals surface area contributed by atoms with Gasteiger partial charge in [-0.2, -0.15) is 0 Å². The van der Waals surface area contributed by atoms with Gasteiger partial charge in [-0.3, -0.25) is 10.1 Å². The molecule has 0 aliphatic rings. The van der Waals surface area contributed by atoms with Crippen LogP contribution in [-0.2, 0) is 0 Å². The maximum absolute atomic E-state index is 10.8. The predicted octanol–water partition coefficient (Wildman–Crippen LogP) is 1.68. The molecule has 0 bridgehead atoms. The van der Waals surface area contributed by atoms with Crippen LogP contribution in [0.4, 0.5) is 17.1 Å². The van der Waals surface area contributed by atoms with E-state index in [1.807, 2.05) is 0 Å². The van der Waals surface area contributed by atoms with Crippen molar-refractivity contribution in [2.45, 2.75) is 20.8 Å². The fourth-order valence-corrected chi connectivity index (χ4v) is 1.47. The van der Waals surface area contributed by atoms with Crippen molar-refractivity contribution in [2.75, 3.05) is 11.5 Å². The van der Waals surface area contributed by atoms with E-state index in [2.05, 4.69) is 0 Å². The fourth-order valence-electron chi connectivity index (χ4n) is 1.47. The summed E-state index contributed by atoms with van der Waals surface area (Å²) in [5.41, 5.74) is 13.9. The van der Waals surface area contributed by atoms with Crippen LogP contribution in [-0.4, -0.2) is 4.92 Å². The molecule has 0 radical (unpaired) electrons. The third-order valence-electron chi connectivity index (χ3n) is 2.55. The zero-order chi connectivity index (χ0) is 11.0. The minimum Gasteiger partial charge on any atom is -0.397 e. The Balaban J connectivity index is 3.68. The van der Waals surface area contributed by atoms with Crippen LogP contribution in [0, 0.1) is 30.9 Å². The number of nitro groups is 1. The number of hydrogen-bond acceptors (Lipinski definition) is 4. The van der Waals surface area contributed by atoms with Crippen molar-refractivity contribution in [1.82, 2.24) is 0 Å². The molecular formula is C9H13N3O2. The maximum atomic E-state index is 10.8. The normalized spacial score (nSPS) is 10.2. The van der Waals surface area contributed by atoms with Crippen LogP contribution in [0.1, 0.15) is 16.7 Å². The standard InChI is InChI=1S/C9H13N3O2/c1-4-5(2)9(12(13)14)6(3)8(11)7(4)10/h10-11H2,1-3H3. The zero-order valence-corrected chi connectivity index (χ0v) is 8.42. The van der Waals surface area contributed by atoms with E-state index in [4.69, 9.17) is 11.5 Å². The maximum Gasteiger partial charge on any atom is 0.277 e. The highest BCUT2D eigenvalue weighted by atomic mass is 16.6. The number of anilines is 2. The van der Waals surface area contributed by atoms with Crippen molar-refractivity contribution < 1.29 is 4.92 Å². The van der Waals surface area contributed by atoms with Crippen LogP contribution >= 0.6 is 0 Å². The van der Waals surface area contributed by atoms with Gasteiger partial charge < -0.3 is 11.5 Å². The number of rotatable bonds is 1. The Morgan fingerprint density at radius 2 is 1.43 bits per heavy atom. The first-order chi connectivity index (χ1) is 6.37. The van der Waals surface area contributed by atoms with E-state index >= 15 is 0 Å². The Kier molecular flexibility index (Phi) is 2.33. The van der Waals surface area contributed by atoms with E-state index in [-0.39, 0.29) is 5.69 Å². The summed E-state index contributed by atoms with van der Waals surface area (Å²) in [6, 6.07) is 0. The number of nitrogen functional groups attached to an aromatic ring is 2. The van der Waals surface area contributed by atoms with Gasteiger partial charge in [-0.05, 0) is 26.3 Å². The third kappa shape index (κ3) is 1.26. The zero-order valence-electron chi connectivity index (χ0n) is 8.42. The molecule has 14 heavy (non-hydrogen) atoms. The van der Waals surface area contributed by atoms with Crippen molar-refractivity contribution in [3.05, 3.63) is 26.8 Å². The van der Waals surface area contributed by atoms with Gasteiger partial charge in [-0.1, -0.05) is 0 Å². The monoisotopic (exact) mass is 195 g/mol. The van der Waals surface area contributed by atoms with E-state index in [0.717, 1.165) is 0 Å². The molecule has 0 spiro atoms. The first kappa shape index (κ1) is 10.3. The molecule has 0 unspecified atom stereocenters. The van der Waals surface area contributed by atoms with Gasteiger partial charge in [0.1, 0.15) is 0 Å². The summed E-state index contributed by atoms with van der Waals surface area (Å²) >= 11 is 0. The molecule has 0 aliphatic carbocycles. The summed E-state index contributed by atoms with van der Waals surface area (Å²) in [6.07, 6.45) is 0. The van der Waals surface area contributed by atoms with E-state index in [1.165, 1.54) is 0 Å². The van der Waals surface area contributed by atoms with E-state index < -0.39 is 4.92 Å². The molecule has 1 aromatic carbocycles. The van der Waals surface area contributed by atoms with Gasteiger partial charge in [-0.25, -0.2) is 0 Å². The molecule has 0 atom stereocenters. The fraction of sp³-hybridized carbons (Fsp3) is 0.333. The predicted molar refractivity (Wildman–Crippen MR) is 56.1 cm³/mol. The van der Waals surface area contributed by atoms with Gasteiger partial charge in [0.05, 0.1) is 21.9 Å². The van der Waals surface area contributed by atoms with Crippen molar-refractivity contribution in [3.8, 4) is 0 Å². The lowest BCUT2D eigenvalue weighted by molar-refractivity contribution is -0.386. The number of nitro benzene ring substituents is 1. The van der Waals surface area contributed by atoms with Crippen LogP contribution in [0.3, 0.4) is 0 Å². The van der Waals surface area contributed by atoms with E-state index in [9.17, 15) is 10.1 Å². The number of hydrogen-bond donors (Lipinski definition) is 2. The SMILES string of the molecule is Cc1c(C)c([N+](=O)[O-])c(C)c(N)c1N. The summed E-state index contributed by atoms with van der Waals surface area (Å²) in [6.45, 7) is 5.01. The minimum absolute atomic E-state index is 0.0641. The molecule has 0 aromatic heterocycles. The molecule has 0 saturated heterocycles. The summed E-state index contributed by atoms with van der Waals surface area (Å²) in [7, 11) is 0. The highest BCUT2D eigenvalue weighted by molar-refractivity contribution is 5.78. The number of nitrogens with zero attached hydrogens (tertiary/aromatic N) is 1. The third-order valence-corrected chi connectivity index (χ3v) is 2.55. The number of benzene rings is 1. The summed E-state index contributed by atoms with van der Waals surface area (Å²) in [5.74, 6) is 0. The van der Waals surface area contributed by atoms with Gasteiger partial charge >= 0.3 is 0 Å². The molecule has 76 valence electrons. The lowest BCUT2D eigenvalue weighted by atomic mass is 10.00. The molecule has 0 fully saturated rings. The highest BCUT2D eigenvalue weighted by Crippen LogP contribution is 2.35. The molecule has 1 aromatic rings.